The van der Waals surface area contributed by atoms with Gasteiger partial charge in [0.25, 0.3) is 11.7 Å². The fourth-order valence-electron chi connectivity index (χ4n) is 4.68. The van der Waals surface area contributed by atoms with E-state index >= 15 is 0 Å². The van der Waals surface area contributed by atoms with Crippen molar-refractivity contribution in [2.24, 2.45) is 5.92 Å². The van der Waals surface area contributed by atoms with Gasteiger partial charge in [-0.05, 0) is 74.8 Å². The van der Waals surface area contributed by atoms with E-state index in [9.17, 15) is 14.7 Å². The second-order valence-corrected chi connectivity index (χ2v) is 10.4. The molecule has 2 heterocycles. The van der Waals surface area contributed by atoms with Crippen LogP contribution in [-0.2, 0) is 16.0 Å². The number of likely N-dealkylation sites (tertiary alicyclic amines) is 1. The third-order valence-electron chi connectivity index (χ3n) is 6.64. The highest BCUT2D eigenvalue weighted by molar-refractivity contribution is 6.46. The van der Waals surface area contributed by atoms with Gasteiger partial charge in [0, 0.05) is 25.1 Å². The summed E-state index contributed by atoms with van der Waals surface area (Å²) in [7, 11) is 3.84. The van der Waals surface area contributed by atoms with Crippen molar-refractivity contribution in [2.75, 3.05) is 33.8 Å². The summed E-state index contributed by atoms with van der Waals surface area (Å²) in [6, 6.07) is 12.2. The second-order valence-electron chi connectivity index (χ2n) is 10.4. The van der Waals surface area contributed by atoms with E-state index < -0.39 is 17.7 Å². The Morgan fingerprint density at radius 2 is 1.97 bits per heavy atom. The Kier molecular flexibility index (Phi) is 7.69. The van der Waals surface area contributed by atoms with Crippen molar-refractivity contribution in [3.8, 4) is 11.5 Å². The van der Waals surface area contributed by atoms with E-state index in [2.05, 4.69) is 13.8 Å². The van der Waals surface area contributed by atoms with Gasteiger partial charge in [-0.25, -0.2) is 0 Å². The predicted molar refractivity (Wildman–Crippen MR) is 139 cm³/mol. The standard InChI is InChI=1S/C29H36N2O5/c1-18(2)11-14-35-23-8-6-7-20(17-23)26-25(28(33)29(34)31(26)13-12-30(4)5)27(32)21-9-10-24-22(16-21)15-19(3)36-24/h6-10,16-19,26,32H,11-15H2,1-5H3/t19-,26+/m0/s1. The fraction of sp³-hybridized carbons (Fsp3) is 0.448. The summed E-state index contributed by atoms with van der Waals surface area (Å²) in [4.78, 5) is 30.0. The maximum Gasteiger partial charge on any atom is 0.295 e. The summed E-state index contributed by atoms with van der Waals surface area (Å²) >= 11 is 0. The van der Waals surface area contributed by atoms with Crippen LogP contribution in [0.25, 0.3) is 5.76 Å². The van der Waals surface area contributed by atoms with Crippen LogP contribution < -0.4 is 9.47 Å². The molecule has 0 bridgehead atoms. The molecule has 0 spiro atoms. The quantitative estimate of drug-likeness (QED) is 0.317. The third kappa shape index (κ3) is 5.41. The van der Waals surface area contributed by atoms with Crippen LogP contribution >= 0.6 is 0 Å². The van der Waals surface area contributed by atoms with Crippen molar-refractivity contribution in [3.05, 3.63) is 64.7 Å². The van der Waals surface area contributed by atoms with Crippen molar-refractivity contribution in [1.29, 1.82) is 0 Å². The molecule has 192 valence electrons. The summed E-state index contributed by atoms with van der Waals surface area (Å²) < 4.78 is 11.7. The van der Waals surface area contributed by atoms with E-state index in [0.717, 1.165) is 29.7 Å². The number of fused-ring (bicyclic) bond motifs is 1. The third-order valence-corrected chi connectivity index (χ3v) is 6.64. The highest BCUT2D eigenvalue weighted by atomic mass is 16.5. The van der Waals surface area contributed by atoms with Crippen molar-refractivity contribution in [1.82, 2.24) is 9.80 Å². The monoisotopic (exact) mass is 492 g/mol. The SMILES string of the molecule is CC(C)CCOc1cccc([C@@H]2C(=C(O)c3ccc4c(c3)C[C@H](C)O4)C(=O)C(=O)N2CCN(C)C)c1. The van der Waals surface area contributed by atoms with Gasteiger partial charge in [-0.1, -0.05) is 26.0 Å². The topological polar surface area (TPSA) is 79.3 Å². The van der Waals surface area contributed by atoms with Crippen molar-refractivity contribution >= 4 is 17.4 Å². The molecule has 1 amide bonds. The highest BCUT2D eigenvalue weighted by Gasteiger charge is 2.46. The number of amides is 1. The number of carbonyl (C=O) groups is 2. The molecule has 0 saturated carbocycles. The molecule has 1 fully saturated rings. The Bertz CT molecular complexity index is 1170. The zero-order valence-corrected chi connectivity index (χ0v) is 21.8. The first kappa shape index (κ1) is 25.8. The van der Waals surface area contributed by atoms with Crippen LogP contribution in [0.4, 0.5) is 0 Å². The van der Waals surface area contributed by atoms with Crippen LogP contribution in [0.3, 0.4) is 0 Å². The van der Waals surface area contributed by atoms with Gasteiger partial charge < -0.3 is 24.4 Å². The molecule has 0 aromatic heterocycles. The lowest BCUT2D eigenvalue weighted by atomic mass is 9.94. The van der Waals surface area contributed by atoms with Gasteiger partial charge in [-0.15, -0.1) is 0 Å². The summed E-state index contributed by atoms with van der Waals surface area (Å²) in [6.07, 6.45) is 1.71. The predicted octanol–water partition coefficient (Wildman–Crippen LogP) is 4.42. The number of aliphatic hydroxyl groups excluding tert-OH is 1. The maximum atomic E-state index is 13.3. The van der Waals surface area contributed by atoms with Gasteiger partial charge in [0.15, 0.2) is 0 Å². The zero-order chi connectivity index (χ0) is 26.0. The number of carbonyl (C=O) groups excluding carboxylic acids is 2. The number of ether oxygens (including phenoxy) is 2. The molecule has 1 saturated heterocycles. The Hall–Kier alpha value is -3.32. The molecule has 2 atom stereocenters. The highest BCUT2D eigenvalue weighted by Crippen LogP contribution is 2.41. The molecule has 0 unspecified atom stereocenters. The number of Topliss-reactive ketones (excluding diaryl/α,β-unsaturated/α-hetero) is 1. The normalized spacial score (nSPS) is 20.8. The average molecular weight is 493 g/mol. The number of nitrogens with zero attached hydrogens (tertiary/aromatic N) is 2. The minimum absolute atomic E-state index is 0.0624. The van der Waals surface area contributed by atoms with Crippen LogP contribution in [0.1, 0.15) is 49.9 Å². The first-order chi connectivity index (χ1) is 17.2. The lowest BCUT2D eigenvalue weighted by Crippen LogP contribution is -2.35. The molecule has 7 nitrogen and oxygen atoms in total. The second kappa shape index (κ2) is 10.7. The van der Waals surface area contributed by atoms with Crippen molar-refractivity contribution in [2.45, 2.75) is 45.8 Å². The summed E-state index contributed by atoms with van der Waals surface area (Å²) in [5.41, 5.74) is 2.32. The first-order valence-electron chi connectivity index (χ1n) is 12.6. The van der Waals surface area contributed by atoms with Gasteiger partial charge in [0.05, 0.1) is 18.2 Å². The maximum absolute atomic E-state index is 13.3. The summed E-state index contributed by atoms with van der Waals surface area (Å²) in [6.45, 7) is 7.80. The van der Waals surface area contributed by atoms with Gasteiger partial charge in [0.2, 0.25) is 0 Å². The van der Waals surface area contributed by atoms with Crippen molar-refractivity contribution in [3.63, 3.8) is 0 Å². The lowest BCUT2D eigenvalue weighted by molar-refractivity contribution is -0.140. The van der Waals surface area contributed by atoms with E-state index in [1.54, 1.807) is 11.0 Å². The van der Waals surface area contributed by atoms with Crippen LogP contribution in [0.5, 0.6) is 11.5 Å². The molecule has 2 aromatic rings. The van der Waals surface area contributed by atoms with E-state index in [1.807, 2.05) is 62.3 Å². The lowest BCUT2D eigenvalue weighted by Gasteiger charge is -2.27. The minimum atomic E-state index is -0.706. The van der Waals surface area contributed by atoms with Crippen LogP contribution in [0.2, 0.25) is 0 Å². The van der Waals surface area contributed by atoms with Crippen LogP contribution in [0, 0.1) is 5.92 Å². The number of rotatable bonds is 9. The molecule has 2 aliphatic heterocycles. The van der Waals surface area contributed by atoms with Gasteiger partial charge in [0.1, 0.15) is 23.4 Å². The van der Waals surface area contributed by atoms with E-state index in [0.29, 0.717) is 36.9 Å². The number of aliphatic hydroxyl groups is 1. The average Bonchev–Trinajstić information content (AvgIpc) is 3.32. The Morgan fingerprint density at radius 3 is 2.69 bits per heavy atom. The van der Waals surface area contributed by atoms with Crippen LogP contribution in [-0.4, -0.2) is 66.5 Å². The van der Waals surface area contributed by atoms with Crippen LogP contribution in [0.15, 0.2) is 48.0 Å². The summed E-state index contributed by atoms with van der Waals surface area (Å²) in [5.74, 6) is 0.537. The minimum Gasteiger partial charge on any atom is -0.507 e. The van der Waals surface area contributed by atoms with E-state index in [-0.39, 0.29) is 17.4 Å². The zero-order valence-electron chi connectivity index (χ0n) is 21.8. The van der Waals surface area contributed by atoms with E-state index in [1.165, 1.54) is 0 Å². The number of hydrogen-bond acceptors (Lipinski definition) is 6. The smallest absolute Gasteiger partial charge is 0.295 e. The largest absolute Gasteiger partial charge is 0.507 e. The number of likely N-dealkylation sites (N-methyl/N-ethyl adjacent to an activating group) is 1. The first-order valence-corrected chi connectivity index (χ1v) is 12.6. The Morgan fingerprint density at radius 1 is 1.19 bits per heavy atom. The molecule has 0 radical (unpaired) electrons. The van der Waals surface area contributed by atoms with Crippen molar-refractivity contribution < 1.29 is 24.2 Å². The van der Waals surface area contributed by atoms with Gasteiger partial charge in [-0.2, -0.15) is 0 Å². The molecular weight excluding hydrogens is 456 g/mol. The summed E-state index contributed by atoms with van der Waals surface area (Å²) in [5, 5.41) is 11.4. The number of ketones is 1. The number of hydrogen-bond donors (Lipinski definition) is 1. The molecule has 1 N–H and O–H groups in total. The number of benzene rings is 2. The Labute approximate surface area is 213 Å². The molecule has 2 aliphatic rings. The fourth-order valence-corrected chi connectivity index (χ4v) is 4.68. The van der Waals surface area contributed by atoms with E-state index in [4.69, 9.17) is 9.47 Å². The van der Waals surface area contributed by atoms with Gasteiger partial charge >= 0.3 is 0 Å². The Balaban J connectivity index is 1.75. The molecule has 7 heteroatoms. The van der Waals surface area contributed by atoms with Gasteiger partial charge in [-0.3, -0.25) is 9.59 Å². The molecular formula is C29H36N2O5. The molecule has 2 aromatic carbocycles. The molecule has 4 rings (SSSR count). The molecule has 0 aliphatic carbocycles. The molecule has 36 heavy (non-hydrogen) atoms.